The third-order valence-electron chi connectivity index (χ3n) is 4.58. The molecule has 0 unspecified atom stereocenters. The smallest absolute Gasteiger partial charge is 0.231 e. The van der Waals surface area contributed by atoms with Crippen molar-refractivity contribution in [2.75, 3.05) is 12.1 Å². The first-order chi connectivity index (χ1) is 13.0. The van der Waals surface area contributed by atoms with Gasteiger partial charge in [0, 0.05) is 25.3 Å². The number of fused-ring (bicyclic) bond motifs is 2. The molecule has 27 heavy (non-hydrogen) atoms. The fourth-order valence-electron chi connectivity index (χ4n) is 3.30. The van der Waals surface area contributed by atoms with Crippen LogP contribution in [0.4, 0.5) is 5.69 Å². The normalized spacial score (nSPS) is 16.8. The summed E-state index contributed by atoms with van der Waals surface area (Å²) in [5.74, 6) is 0.704. The highest BCUT2D eigenvalue weighted by Crippen LogP contribution is 2.39. The van der Waals surface area contributed by atoms with Crippen LogP contribution in [-0.2, 0) is 9.59 Å². The third kappa shape index (κ3) is 3.36. The highest BCUT2D eigenvalue weighted by molar-refractivity contribution is 6.34. The Hall–Kier alpha value is -2.99. The van der Waals surface area contributed by atoms with Gasteiger partial charge in [-0.25, -0.2) is 0 Å². The fraction of sp³-hybridized carbons (Fsp3) is 0.200. The van der Waals surface area contributed by atoms with Crippen molar-refractivity contribution in [1.29, 1.82) is 0 Å². The summed E-state index contributed by atoms with van der Waals surface area (Å²) in [4.78, 5) is 26.3. The van der Waals surface area contributed by atoms with E-state index < -0.39 is 0 Å². The average Bonchev–Trinajstić information content (AvgIpc) is 3.09. The van der Waals surface area contributed by atoms with Gasteiger partial charge < -0.3 is 19.7 Å². The number of carbonyl (C=O) groups is 2. The quantitative estimate of drug-likeness (QED) is 0.869. The van der Waals surface area contributed by atoms with Crippen LogP contribution in [0.1, 0.15) is 30.5 Å². The molecule has 6 nitrogen and oxygen atoms in total. The Kier molecular flexibility index (Phi) is 4.49. The van der Waals surface area contributed by atoms with Gasteiger partial charge in [-0.1, -0.05) is 35.9 Å². The van der Waals surface area contributed by atoms with E-state index in [-0.39, 0.29) is 31.1 Å². The molecule has 2 aliphatic rings. The van der Waals surface area contributed by atoms with Crippen molar-refractivity contribution in [2.45, 2.75) is 19.4 Å². The summed E-state index contributed by atoms with van der Waals surface area (Å²) < 4.78 is 10.6. The largest absolute Gasteiger partial charge is 0.454 e. The van der Waals surface area contributed by atoms with Gasteiger partial charge >= 0.3 is 0 Å². The van der Waals surface area contributed by atoms with Gasteiger partial charge in [-0.3, -0.25) is 9.59 Å². The van der Waals surface area contributed by atoms with Gasteiger partial charge in [-0.2, -0.15) is 0 Å². The van der Waals surface area contributed by atoms with Gasteiger partial charge in [0.2, 0.25) is 18.6 Å². The third-order valence-corrected chi connectivity index (χ3v) is 4.90. The Balaban J connectivity index is 1.56. The topological polar surface area (TPSA) is 67.9 Å². The number of benzene rings is 2. The van der Waals surface area contributed by atoms with Crippen LogP contribution in [-0.4, -0.2) is 23.5 Å². The average molecular weight is 385 g/mol. The fourth-order valence-corrected chi connectivity index (χ4v) is 3.50. The number of anilines is 1. The SMILES string of the molecule is CC(=O)N1C=Cc2ccccc2[C@@H]1CC(=O)Nc1cc2c(cc1Cl)OCO2. The molecule has 138 valence electrons. The Morgan fingerprint density at radius 3 is 2.74 bits per heavy atom. The minimum atomic E-state index is -0.378. The molecule has 2 aliphatic heterocycles. The number of rotatable bonds is 3. The molecule has 0 aromatic heterocycles. The van der Waals surface area contributed by atoms with Crippen molar-refractivity contribution < 1.29 is 19.1 Å². The van der Waals surface area contributed by atoms with Crippen LogP contribution >= 0.6 is 11.6 Å². The summed E-state index contributed by atoms with van der Waals surface area (Å²) in [6, 6.07) is 10.6. The van der Waals surface area contributed by atoms with E-state index >= 15 is 0 Å². The number of amides is 2. The van der Waals surface area contributed by atoms with Gasteiger partial charge in [0.05, 0.1) is 23.2 Å². The van der Waals surface area contributed by atoms with Crippen molar-refractivity contribution in [3.8, 4) is 11.5 Å². The number of carbonyl (C=O) groups excluding carboxylic acids is 2. The lowest BCUT2D eigenvalue weighted by molar-refractivity contribution is -0.129. The highest BCUT2D eigenvalue weighted by atomic mass is 35.5. The maximum Gasteiger partial charge on any atom is 0.231 e. The van der Waals surface area contributed by atoms with E-state index in [1.54, 1.807) is 23.2 Å². The molecule has 1 atom stereocenters. The number of hydrogen-bond acceptors (Lipinski definition) is 4. The maximum atomic E-state index is 12.7. The second-order valence-electron chi connectivity index (χ2n) is 6.32. The molecule has 2 amide bonds. The first kappa shape index (κ1) is 17.4. The van der Waals surface area contributed by atoms with Gasteiger partial charge in [0.15, 0.2) is 11.5 Å². The summed E-state index contributed by atoms with van der Waals surface area (Å²) >= 11 is 6.23. The highest BCUT2D eigenvalue weighted by Gasteiger charge is 2.28. The Labute approximate surface area is 161 Å². The van der Waals surface area contributed by atoms with E-state index in [4.69, 9.17) is 21.1 Å². The first-order valence-electron chi connectivity index (χ1n) is 8.48. The van der Waals surface area contributed by atoms with Gasteiger partial charge in [0.1, 0.15) is 0 Å². The Morgan fingerprint density at radius 1 is 1.22 bits per heavy atom. The summed E-state index contributed by atoms with van der Waals surface area (Å²) in [7, 11) is 0. The minimum Gasteiger partial charge on any atom is -0.454 e. The van der Waals surface area contributed by atoms with Gasteiger partial charge in [-0.05, 0) is 17.2 Å². The number of nitrogens with one attached hydrogen (secondary N) is 1. The second-order valence-corrected chi connectivity index (χ2v) is 6.73. The molecule has 1 N–H and O–H groups in total. The summed E-state index contributed by atoms with van der Waals surface area (Å²) in [5.41, 5.74) is 2.37. The molecular formula is C20H17ClN2O4. The van der Waals surface area contributed by atoms with Crippen molar-refractivity contribution in [3.63, 3.8) is 0 Å². The monoisotopic (exact) mass is 384 g/mol. The molecule has 7 heteroatoms. The molecular weight excluding hydrogens is 368 g/mol. The van der Waals surface area contributed by atoms with E-state index in [0.29, 0.717) is 22.2 Å². The maximum absolute atomic E-state index is 12.7. The zero-order valence-corrected chi connectivity index (χ0v) is 15.3. The molecule has 2 aromatic carbocycles. The predicted molar refractivity (Wildman–Crippen MR) is 102 cm³/mol. The summed E-state index contributed by atoms with van der Waals surface area (Å²) in [5, 5.41) is 3.17. The lowest BCUT2D eigenvalue weighted by Crippen LogP contribution is -2.33. The molecule has 0 radical (unpaired) electrons. The first-order valence-corrected chi connectivity index (χ1v) is 8.86. The predicted octanol–water partition coefficient (Wildman–Crippen LogP) is 3.97. The zero-order chi connectivity index (χ0) is 19.0. The number of halogens is 1. The van der Waals surface area contributed by atoms with E-state index in [0.717, 1.165) is 11.1 Å². The lowest BCUT2D eigenvalue weighted by Gasteiger charge is -2.32. The molecule has 2 heterocycles. The Morgan fingerprint density at radius 2 is 1.96 bits per heavy atom. The van der Waals surface area contributed by atoms with Crippen LogP contribution in [0.15, 0.2) is 42.6 Å². The van der Waals surface area contributed by atoms with Crippen molar-refractivity contribution in [1.82, 2.24) is 4.90 Å². The van der Waals surface area contributed by atoms with Gasteiger partial charge in [-0.15, -0.1) is 0 Å². The lowest BCUT2D eigenvalue weighted by atomic mass is 9.93. The molecule has 0 fully saturated rings. The molecule has 0 saturated carbocycles. The summed E-state index contributed by atoms with van der Waals surface area (Å²) in [6.45, 7) is 1.61. The van der Waals surface area contributed by atoms with Crippen molar-refractivity contribution in [3.05, 3.63) is 58.7 Å². The van der Waals surface area contributed by atoms with Gasteiger partial charge in [0.25, 0.3) is 0 Å². The minimum absolute atomic E-state index is 0.103. The molecule has 4 rings (SSSR count). The van der Waals surface area contributed by atoms with E-state index in [2.05, 4.69) is 5.32 Å². The van der Waals surface area contributed by atoms with E-state index in [1.807, 2.05) is 30.3 Å². The van der Waals surface area contributed by atoms with Crippen LogP contribution in [0.25, 0.3) is 6.08 Å². The van der Waals surface area contributed by atoms with Crippen LogP contribution in [0.3, 0.4) is 0 Å². The number of ether oxygens (including phenoxy) is 2. The number of nitrogens with zero attached hydrogens (tertiary/aromatic N) is 1. The van der Waals surface area contributed by atoms with E-state index in [1.165, 1.54) is 6.92 Å². The van der Waals surface area contributed by atoms with Crippen molar-refractivity contribution in [2.24, 2.45) is 0 Å². The molecule has 0 aliphatic carbocycles. The van der Waals surface area contributed by atoms with Crippen LogP contribution < -0.4 is 14.8 Å². The second kappa shape index (κ2) is 6.96. The standard InChI is InChI=1S/C20H17ClN2O4/c1-12(24)23-7-6-13-4-2-3-5-14(13)17(23)10-20(25)22-16-9-19-18(8-15(16)21)26-11-27-19/h2-9,17H,10-11H2,1H3,(H,22,25)/t17-/m0/s1. The van der Waals surface area contributed by atoms with Crippen LogP contribution in [0.2, 0.25) is 5.02 Å². The summed E-state index contributed by atoms with van der Waals surface area (Å²) in [6.07, 6.45) is 3.70. The van der Waals surface area contributed by atoms with Crippen LogP contribution in [0.5, 0.6) is 11.5 Å². The van der Waals surface area contributed by atoms with E-state index in [9.17, 15) is 9.59 Å². The molecule has 2 aromatic rings. The zero-order valence-electron chi connectivity index (χ0n) is 14.6. The molecule has 0 bridgehead atoms. The Bertz CT molecular complexity index is 957. The number of hydrogen-bond donors (Lipinski definition) is 1. The molecule has 0 spiro atoms. The van der Waals surface area contributed by atoms with Crippen LogP contribution in [0, 0.1) is 0 Å². The molecule has 0 saturated heterocycles. The van der Waals surface area contributed by atoms with Crippen molar-refractivity contribution >= 4 is 35.2 Å².